The number of pyridine rings is 1. The van der Waals surface area contributed by atoms with E-state index in [4.69, 9.17) is 4.74 Å². The molecule has 0 amide bonds. The SMILES string of the molecule is Cc1nc(OCC(F)F)ccc1CNC1CC1. The fourth-order valence-corrected chi connectivity index (χ4v) is 1.52. The van der Waals surface area contributed by atoms with E-state index >= 15 is 0 Å². The number of hydrogen-bond acceptors (Lipinski definition) is 3. The minimum absolute atomic E-state index is 0.262. The van der Waals surface area contributed by atoms with Crippen LogP contribution in [0.2, 0.25) is 0 Å². The molecule has 0 radical (unpaired) electrons. The summed E-state index contributed by atoms with van der Waals surface area (Å²) in [5, 5.41) is 3.38. The van der Waals surface area contributed by atoms with Gasteiger partial charge in [0, 0.05) is 24.3 Å². The summed E-state index contributed by atoms with van der Waals surface area (Å²) in [6, 6.07) is 4.15. The lowest BCUT2D eigenvalue weighted by atomic mass is 10.2. The van der Waals surface area contributed by atoms with E-state index in [0.29, 0.717) is 6.04 Å². The first kappa shape index (κ1) is 12.2. The zero-order valence-electron chi connectivity index (χ0n) is 9.75. The number of rotatable bonds is 6. The van der Waals surface area contributed by atoms with Crippen molar-refractivity contribution < 1.29 is 13.5 Å². The van der Waals surface area contributed by atoms with Gasteiger partial charge in [0.1, 0.15) is 0 Å². The monoisotopic (exact) mass is 242 g/mol. The van der Waals surface area contributed by atoms with Gasteiger partial charge in [-0.3, -0.25) is 0 Å². The van der Waals surface area contributed by atoms with Crippen molar-refractivity contribution >= 4 is 0 Å². The highest BCUT2D eigenvalue weighted by Gasteiger charge is 2.20. The Balaban J connectivity index is 1.90. The average Bonchev–Trinajstić information content (AvgIpc) is 3.09. The van der Waals surface area contributed by atoms with Gasteiger partial charge in [0.25, 0.3) is 6.43 Å². The maximum atomic E-state index is 12.0. The number of alkyl halides is 2. The molecule has 1 saturated carbocycles. The smallest absolute Gasteiger partial charge is 0.272 e. The van der Waals surface area contributed by atoms with Crippen molar-refractivity contribution in [3.63, 3.8) is 0 Å². The van der Waals surface area contributed by atoms with E-state index < -0.39 is 13.0 Å². The molecular weight excluding hydrogens is 226 g/mol. The second-order valence-corrected chi connectivity index (χ2v) is 4.25. The van der Waals surface area contributed by atoms with E-state index in [1.807, 2.05) is 13.0 Å². The summed E-state index contributed by atoms with van der Waals surface area (Å²) in [6.45, 7) is 2.03. The first-order chi connectivity index (χ1) is 8.15. The molecule has 17 heavy (non-hydrogen) atoms. The standard InChI is InChI=1S/C12H16F2N2O/c1-8-9(6-15-10-3-4-10)2-5-12(16-8)17-7-11(13)14/h2,5,10-11,15H,3-4,6-7H2,1H3. The Kier molecular flexibility index (Phi) is 3.89. The molecule has 0 aliphatic heterocycles. The van der Waals surface area contributed by atoms with Crippen molar-refractivity contribution in [3.05, 3.63) is 23.4 Å². The molecule has 2 rings (SSSR count). The van der Waals surface area contributed by atoms with Crippen molar-refractivity contribution in [2.75, 3.05) is 6.61 Å². The largest absolute Gasteiger partial charge is 0.472 e. The van der Waals surface area contributed by atoms with Gasteiger partial charge in [0.2, 0.25) is 5.88 Å². The van der Waals surface area contributed by atoms with E-state index in [9.17, 15) is 8.78 Å². The summed E-state index contributed by atoms with van der Waals surface area (Å²) in [5.41, 5.74) is 1.91. The van der Waals surface area contributed by atoms with Crippen LogP contribution in [-0.2, 0) is 6.54 Å². The van der Waals surface area contributed by atoms with E-state index in [-0.39, 0.29) is 5.88 Å². The molecule has 1 aromatic heterocycles. The molecule has 1 fully saturated rings. The molecule has 1 N–H and O–H groups in total. The highest BCUT2D eigenvalue weighted by Crippen LogP contribution is 2.20. The first-order valence-corrected chi connectivity index (χ1v) is 5.76. The van der Waals surface area contributed by atoms with E-state index in [1.165, 1.54) is 12.8 Å². The minimum atomic E-state index is -2.46. The lowest BCUT2D eigenvalue weighted by molar-refractivity contribution is 0.0795. The van der Waals surface area contributed by atoms with Crippen LogP contribution >= 0.6 is 0 Å². The van der Waals surface area contributed by atoms with Crippen LogP contribution in [0.1, 0.15) is 24.1 Å². The maximum Gasteiger partial charge on any atom is 0.272 e. The molecule has 0 saturated heterocycles. The third-order valence-corrected chi connectivity index (χ3v) is 2.69. The summed E-state index contributed by atoms with van der Waals surface area (Å²) in [7, 11) is 0. The predicted octanol–water partition coefficient (Wildman–Crippen LogP) is 2.29. The number of nitrogens with one attached hydrogen (secondary N) is 1. The molecule has 94 valence electrons. The van der Waals surface area contributed by atoms with Crippen LogP contribution in [0.25, 0.3) is 0 Å². The van der Waals surface area contributed by atoms with E-state index in [0.717, 1.165) is 17.8 Å². The van der Waals surface area contributed by atoms with E-state index in [2.05, 4.69) is 10.3 Å². The van der Waals surface area contributed by atoms with Crippen molar-refractivity contribution in [2.24, 2.45) is 0 Å². The number of ether oxygens (including phenoxy) is 1. The molecule has 0 atom stereocenters. The maximum absolute atomic E-state index is 12.0. The topological polar surface area (TPSA) is 34.1 Å². The minimum Gasteiger partial charge on any atom is -0.472 e. The Morgan fingerprint density at radius 1 is 1.47 bits per heavy atom. The van der Waals surface area contributed by atoms with Crippen LogP contribution in [0.5, 0.6) is 5.88 Å². The van der Waals surface area contributed by atoms with Gasteiger partial charge >= 0.3 is 0 Å². The van der Waals surface area contributed by atoms with Crippen molar-refractivity contribution in [1.29, 1.82) is 0 Å². The van der Waals surface area contributed by atoms with Gasteiger partial charge < -0.3 is 10.1 Å². The number of aryl methyl sites for hydroxylation is 1. The van der Waals surface area contributed by atoms with Crippen molar-refractivity contribution in [3.8, 4) is 5.88 Å². The molecule has 1 aromatic rings. The highest BCUT2D eigenvalue weighted by molar-refractivity contribution is 5.25. The summed E-state index contributed by atoms with van der Waals surface area (Å²) < 4.78 is 28.8. The molecule has 1 heterocycles. The van der Waals surface area contributed by atoms with Gasteiger partial charge in [-0.2, -0.15) is 0 Å². The molecule has 0 spiro atoms. The zero-order chi connectivity index (χ0) is 12.3. The Bertz CT molecular complexity index is 381. The number of nitrogens with zero attached hydrogens (tertiary/aromatic N) is 1. The lowest BCUT2D eigenvalue weighted by Gasteiger charge is -2.09. The Labute approximate surface area is 99.2 Å². The Morgan fingerprint density at radius 3 is 2.82 bits per heavy atom. The second kappa shape index (κ2) is 5.40. The van der Waals surface area contributed by atoms with Crippen LogP contribution < -0.4 is 10.1 Å². The zero-order valence-corrected chi connectivity index (χ0v) is 9.75. The van der Waals surface area contributed by atoms with Gasteiger partial charge in [-0.05, 0) is 25.3 Å². The Morgan fingerprint density at radius 2 is 2.24 bits per heavy atom. The molecule has 1 aliphatic rings. The van der Waals surface area contributed by atoms with Crippen LogP contribution in [0, 0.1) is 6.92 Å². The quantitative estimate of drug-likeness (QED) is 0.831. The third kappa shape index (κ3) is 3.93. The second-order valence-electron chi connectivity index (χ2n) is 4.25. The highest BCUT2D eigenvalue weighted by atomic mass is 19.3. The fourth-order valence-electron chi connectivity index (χ4n) is 1.52. The summed E-state index contributed by atoms with van der Waals surface area (Å²) >= 11 is 0. The normalized spacial score (nSPS) is 15.3. The third-order valence-electron chi connectivity index (χ3n) is 2.69. The van der Waals surface area contributed by atoms with Gasteiger partial charge in [-0.15, -0.1) is 0 Å². The Hall–Kier alpha value is -1.23. The molecule has 5 heteroatoms. The molecule has 1 aliphatic carbocycles. The van der Waals surface area contributed by atoms with Crippen LogP contribution in [0.4, 0.5) is 8.78 Å². The molecule has 3 nitrogen and oxygen atoms in total. The summed E-state index contributed by atoms with van der Waals surface area (Å²) in [4.78, 5) is 4.15. The molecular formula is C12H16F2N2O. The number of aromatic nitrogens is 1. The van der Waals surface area contributed by atoms with Crippen molar-refractivity contribution in [1.82, 2.24) is 10.3 Å². The lowest BCUT2D eigenvalue weighted by Crippen LogP contribution is -2.16. The van der Waals surface area contributed by atoms with Crippen molar-refractivity contribution in [2.45, 2.75) is 38.8 Å². The fraction of sp³-hybridized carbons (Fsp3) is 0.583. The van der Waals surface area contributed by atoms with Gasteiger partial charge in [0.05, 0.1) is 0 Å². The van der Waals surface area contributed by atoms with Gasteiger partial charge in [-0.25, -0.2) is 13.8 Å². The number of hydrogen-bond donors (Lipinski definition) is 1. The van der Waals surface area contributed by atoms with Gasteiger partial charge in [0.15, 0.2) is 6.61 Å². The van der Waals surface area contributed by atoms with Gasteiger partial charge in [-0.1, -0.05) is 6.07 Å². The first-order valence-electron chi connectivity index (χ1n) is 5.76. The molecule has 0 aromatic carbocycles. The average molecular weight is 242 g/mol. The predicted molar refractivity (Wildman–Crippen MR) is 60.3 cm³/mol. The number of halogens is 2. The van der Waals surface area contributed by atoms with E-state index in [1.54, 1.807) is 6.07 Å². The molecule has 0 unspecified atom stereocenters. The van der Waals surface area contributed by atoms with Crippen LogP contribution in [-0.4, -0.2) is 24.1 Å². The summed E-state index contributed by atoms with van der Waals surface area (Å²) in [5.74, 6) is 0.262. The van der Waals surface area contributed by atoms with Crippen LogP contribution in [0.3, 0.4) is 0 Å². The van der Waals surface area contributed by atoms with Crippen LogP contribution in [0.15, 0.2) is 12.1 Å². The molecule has 0 bridgehead atoms. The summed E-state index contributed by atoms with van der Waals surface area (Å²) in [6.07, 6.45) is 0.0118.